The Morgan fingerprint density at radius 3 is 1.32 bits per heavy atom. The third-order valence-electron chi connectivity index (χ3n) is 6.69. The van der Waals surface area contributed by atoms with E-state index in [1.165, 1.54) is 20.2 Å². The van der Waals surface area contributed by atoms with E-state index in [2.05, 4.69) is 36.4 Å². The first-order valence-corrected chi connectivity index (χ1v) is 16.8. The van der Waals surface area contributed by atoms with E-state index >= 15 is 0 Å². The standard InChI is InChI=1S/C32H20O4S5/c33-29(34)15-19-13-27(25-11-17-5-1-3-7-21(17)37-25)40-31(19)23-9-10-24(39-23)32-20(16-30(35)36)14-28(41-32)26-12-18-6-2-4-8-22(18)38-26/h1-14H,15-16H2,(H,33,34)(H,35,36). The van der Waals surface area contributed by atoms with Gasteiger partial charge in [0.2, 0.25) is 0 Å². The molecule has 0 radical (unpaired) electrons. The Labute approximate surface area is 255 Å². The van der Waals surface area contributed by atoms with Gasteiger partial charge in [-0.25, -0.2) is 0 Å². The molecule has 2 aromatic carbocycles. The number of hydrogen-bond acceptors (Lipinski definition) is 7. The van der Waals surface area contributed by atoms with Crippen molar-refractivity contribution in [2.75, 3.05) is 0 Å². The molecule has 2 N–H and O–H groups in total. The van der Waals surface area contributed by atoms with E-state index in [9.17, 15) is 19.8 Å². The van der Waals surface area contributed by atoms with E-state index in [0.29, 0.717) is 0 Å². The Hall–Kier alpha value is -3.60. The summed E-state index contributed by atoms with van der Waals surface area (Å²) >= 11 is 8.25. The largest absolute Gasteiger partial charge is 0.481 e. The van der Waals surface area contributed by atoms with E-state index in [-0.39, 0.29) is 12.8 Å². The number of benzene rings is 2. The highest BCUT2D eigenvalue weighted by atomic mass is 32.1. The van der Waals surface area contributed by atoms with Crippen LogP contribution in [0.2, 0.25) is 0 Å². The fraction of sp³-hybridized carbons (Fsp3) is 0.0625. The highest BCUT2D eigenvalue weighted by molar-refractivity contribution is 7.31. The van der Waals surface area contributed by atoms with Crippen LogP contribution < -0.4 is 0 Å². The number of carboxylic acids is 2. The second-order valence-electron chi connectivity index (χ2n) is 9.53. The van der Waals surface area contributed by atoms with Gasteiger partial charge in [-0.2, -0.15) is 0 Å². The molecule has 7 aromatic rings. The summed E-state index contributed by atoms with van der Waals surface area (Å²) in [6, 6.07) is 28.9. The normalized spacial score (nSPS) is 11.5. The van der Waals surface area contributed by atoms with Gasteiger partial charge in [0.15, 0.2) is 0 Å². The third kappa shape index (κ3) is 5.16. The first-order valence-electron chi connectivity index (χ1n) is 12.7. The third-order valence-corrected chi connectivity index (χ3v) is 13.1. The van der Waals surface area contributed by atoms with Gasteiger partial charge >= 0.3 is 11.9 Å². The first kappa shape index (κ1) is 26.3. The second-order valence-corrected chi connectivity index (χ2v) is 14.9. The van der Waals surface area contributed by atoms with Crippen LogP contribution in [0.5, 0.6) is 0 Å². The second kappa shape index (κ2) is 10.7. The molecule has 7 rings (SSSR count). The molecule has 0 spiro atoms. The maximum absolute atomic E-state index is 11.8. The van der Waals surface area contributed by atoms with Crippen molar-refractivity contribution >= 4 is 88.8 Å². The lowest BCUT2D eigenvalue weighted by molar-refractivity contribution is -0.137. The zero-order valence-corrected chi connectivity index (χ0v) is 25.3. The molecule has 0 aliphatic rings. The summed E-state index contributed by atoms with van der Waals surface area (Å²) in [7, 11) is 0. The lowest BCUT2D eigenvalue weighted by Gasteiger charge is -1.99. The lowest BCUT2D eigenvalue weighted by atomic mass is 10.1. The van der Waals surface area contributed by atoms with Gasteiger partial charge in [0.25, 0.3) is 0 Å². The van der Waals surface area contributed by atoms with Crippen LogP contribution in [0.4, 0.5) is 0 Å². The first-order chi connectivity index (χ1) is 19.9. The van der Waals surface area contributed by atoms with Crippen LogP contribution in [0.15, 0.2) is 84.9 Å². The SMILES string of the molecule is O=C(O)Cc1cc(-c2cc3ccccc3s2)sc1-c1ccc(-c2sc(-c3cc4ccccc4s3)cc2CC(=O)O)s1. The summed E-state index contributed by atoms with van der Waals surface area (Å²) in [5.74, 6) is -1.72. The van der Waals surface area contributed by atoms with Crippen molar-refractivity contribution in [2.24, 2.45) is 0 Å². The van der Waals surface area contributed by atoms with Gasteiger partial charge in [-0.1, -0.05) is 36.4 Å². The Balaban J connectivity index is 1.29. The van der Waals surface area contributed by atoms with Gasteiger partial charge in [0, 0.05) is 48.4 Å². The Bertz CT molecular complexity index is 1870. The fourth-order valence-electron chi connectivity index (χ4n) is 4.89. The van der Waals surface area contributed by atoms with Crippen LogP contribution in [0.25, 0.3) is 59.2 Å². The molecule has 0 amide bonds. The molecule has 0 bridgehead atoms. The van der Waals surface area contributed by atoms with Crippen molar-refractivity contribution in [2.45, 2.75) is 12.8 Å². The van der Waals surface area contributed by atoms with Crippen molar-refractivity contribution in [3.63, 3.8) is 0 Å². The summed E-state index contributed by atoms with van der Waals surface area (Å²) in [5.41, 5.74) is 1.59. The molecule has 0 saturated heterocycles. The van der Waals surface area contributed by atoms with Crippen molar-refractivity contribution in [1.82, 2.24) is 0 Å². The number of carbonyl (C=O) groups is 2. The van der Waals surface area contributed by atoms with Crippen LogP contribution in [0, 0.1) is 0 Å². The van der Waals surface area contributed by atoms with Crippen LogP contribution in [-0.4, -0.2) is 22.2 Å². The molecule has 0 aliphatic carbocycles. The Morgan fingerprint density at radius 1 is 0.488 bits per heavy atom. The van der Waals surface area contributed by atoms with Crippen LogP contribution in [-0.2, 0) is 22.4 Å². The number of fused-ring (bicyclic) bond motifs is 2. The van der Waals surface area contributed by atoms with Crippen LogP contribution in [0.3, 0.4) is 0 Å². The van der Waals surface area contributed by atoms with Crippen molar-refractivity contribution in [3.05, 3.63) is 96.1 Å². The van der Waals surface area contributed by atoms with E-state index in [1.54, 1.807) is 56.7 Å². The lowest BCUT2D eigenvalue weighted by Crippen LogP contribution is -1.99. The molecular weight excluding hydrogens is 609 g/mol. The molecule has 4 nitrogen and oxygen atoms in total. The van der Waals surface area contributed by atoms with Gasteiger partial charge in [0.05, 0.1) is 12.8 Å². The summed E-state index contributed by atoms with van der Waals surface area (Å²) < 4.78 is 2.41. The number of rotatable bonds is 8. The predicted molar refractivity (Wildman–Crippen MR) is 175 cm³/mol. The maximum atomic E-state index is 11.8. The van der Waals surface area contributed by atoms with Gasteiger partial charge in [-0.05, 0) is 70.4 Å². The number of hydrogen-bond donors (Lipinski definition) is 2. The van der Waals surface area contributed by atoms with Gasteiger partial charge in [-0.3, -0.25) is 9.59 Å². The van der Waals surface area contributed by atoms with E-state index in [1.807, 2.05) is 48.5 Å². The zero-order valence-electron chi connectivity index (χ0n) is 21.2. The summed E-state index contributed by atoms with van der Waals surface area (Å²) in [5, 5.41) is 21.7. The van der Waals surface area contributed by atoms with E-state index < -0.39 is 11.9 Å². The van der Waals surface area contributed by atoms with Gasteiger partial charge in [0.1, 0.15) is 0 Å². The minimum atomic E-state index is -0.862. The molecule has 0 atom stereocenters. The average Bonchev–Trinajstić information content (AvgIpc) is 3.76. The summed E-state index contributed by atoms with van der Waals surface area (Å²) in [6.45, 7) is 0. The topological polar surface area (TPSA) is 74.6 Å². The Kier molecular flexibility index (Phi) is 6.84. The number of aliphatic carboxylic acids is 2. The maximum Gasteiger partial charge on any atom is 0.307 e. The molecule has 9 heteroatoms. The van der Waals surface area contributed by atoms with Crippen LogP contribution in [0.1, 0.15) is 11.1 Å². The zero-order chi connectivity index (χ0) is 28.1. The molecule has 0 aliphatic heterocycles. The average molecular weight is 629 g/mol. The highest BCUT2D eigenvalue weighted by Crippen LogP contribution is 2.48. The van der Waals surface area contributed by atoms with Crippen LogP contribution >= 0.6 is 56.7 Å². The quantitative estimate of drug-likeness (QED) is 0.176. The Morgan fingerprint density at radius 2 is 0.902 bits per heavy atom. The smallest absolute Gasteiger partial charge is 0.307 e. The fourth-order valence-corrected chi connectivity index (χ4v) is 10.8. The predicted octanol–water partition coefficient (Wildman–Crippen LogP) is 10.2. The van der Waals surface area contributed by atoms with Crippen molar-refractivity contribution in [1.29, 1.82) is 0 Å². The summed E-state index contributed by atoms with van der Waals surface area (Å²) in [6.07, 6.45) is -0.105. The molecular formula is C32H20O4S5. The highest BCUT2D eigenvalue weighted by Gasteiger charge is 2.21. The van der Waals surface area contributed by atoms with E-state index in [0.717, 1.165) is 50.1 Å². The summed E-state index contributed by atoms with van der Waals surface area (Å²) in [4.78, 5) is 31.8. The number of carboxylic acid groups (broad SMARTS) is 2. The molecule has 202 valence electrons. The molecule has 0 unspecified atom stereocenters. The minimum absolute atomic E-state index is 0.0523. The molecule has 0 fully saturated rings. The monoisotopic (exact) mass is 628 g/mol. The molecule has 5 aromatic heterocycles. The minimum Gasteiger partial charge on any atom is -0.481 e. The van der Waals surface area contributed by atoms with E-state index in [4.69, 9.17) is 0 Å². The van der Waals surface area contributed by atoms with Gasteiger partial charge in [-0.15, -0.1) is 56.7 Å². The van der Waals surface area contributed by atoms with Crippen molar-refractivity contribution in [3.8, 4) is 39.0 Å². The molecule has 5 heterocycles. The van der Waals surface area contributed by atoms with Crippen molar-refractivity contribution < 1.29 is 19.8 Å². The van der Waals surface area contributed by atoms with Gasteiger partial charge < -0.3 is 10.2 Å². The molecule has 0 saturated carbocycles. The number of thiophene rings is 5. The molecule has 41 heavy (non-hydrogen) atoms.